The first-order valence-electron chi connectivity index (χ1n) is 2.77. The van der Waals surface area contributed by atoms with E-state index in [0.29, 0.717) is 0 Å². The molecule has 0 rings (SSSR count). The number of hydrogen-bond donors (Lipinski definition) is 0. The summed E-state index contributed by atoms with van der Waals surface area (Å²) in [5.74, 6) is 0. The van der Waals surface area contributed by atoms with Crippen molar-refractivity contribution in [2.24, 2.45) is 0 Å². The van der Waals surface area contributed by atoms with E-state index in [-0.39, 0.29) is 0 Å². The van der Waals surface area contributed by atoms with Crippen molar-refractivity contribution in [2.45, 2.75) is 18.0 Å². The largest absolute Gasteiger partial charge is 0.439 e. The second-order valence-electron chi connectivity index (χ2n) is 2.00. The van der Waals surface area contributed by atoms with E-state index >= 15 is 0 Å². The molecule has 0 heterocycles. The fourth-order valence-corrected chi connectivity index (χ4v) is 0.386. The maximum Gasteiger partial charge on any atom is 0.439 e. The highest BCUT2D eigenvalue weighted by atomic mass is 80.0. The predicted octanol–water partition coefficient (Wildman–Crippen LogP) is 6.35. The van der Waals surface area contributed by atoms with Gasteiger partial charge in [0.15, 0.2) is 0 Å². The molecule has 0 aliphatic carbocycles. The van der Waals surface area contributed by atoms with Crippen molar-refractivity contribution < 1.29 is 30.7 Å². The van der Waals surface area contributed by atoms with Crippen LogP contribution >= 0.6 is 79.6 Å². The number of alkyl halides is 12. The second kappa shape index (κ2) is 6.38. The van der Waals surface area contributed by atoms with Crippen molar-refractivity contribution in [1.82, 2.24) is 0 Å². The first-order valence-corrected chi connectivity index (χ1v) is 6.73. The minimum atomic E-state index is -5.67. The van der Waals surface area contributed by atoms with Crippen LogP contribution in [0.1, 0.15) is 0 Å². The number of rotatable bonds is 1. The lowest BCUT2D eigenvalue weighted by atomic mass is 10.4. The first-order chi connectivity index (χ1) is 6.50. The molecule has 0 amide bonds. The van der Waals surface area contributed by atoms with Crippen LogP contribution in [0.25, 0.3) is 0 Å². The summed E-state index contributed by atoms with van der Waals surface area (Å²) < 4.78 is 75.0. The highest BCUT2D eigenvalue weighted by Gasteiger charge is 2.69. The number of halogens is 12. The fourth-order valence-electron chi connectivity index (χ4n) is 0.161. The van der Waals surface area contributed by atoms with Gasteiger partial charge in [0, 0.05) is 0 Å². The molecule has 0 saturated heterocycles. The van der Waals surface area contributed by atoms with Gasteiger partial charge in [0.1, 0.15) is 0 Å². The van der Waals surface area contributed by atoms with Gasteiger partial charge >= 0.3 is 15.6 Å². The zero-order valence-electron chi connectivity index (χ0n) is 6.54. The Kier molecular flexibility index (Phi) is 8.06. The monoisotopic (exact) mass is 576 g/mol. The van der Waals surface area contributed by atoms with Gasteiger partial charge in [0.05, 0.1) is 0 Å². The van der Waals surface area contributed by atoms with Gasteiger partial charge in [-0.05, 0) is 79.6 Å². The summed E-state index contributed by atoms with van der Waals surface area (Å²) >= 11 is 10.1. The maximum absolute atomic E-state index is 12.1. The van der Waals surface area contributed by atoms with Gasteiger partial charge in [0.2, 0.25) is 0 Å². The summed E-state index contributed by atoms with van der Waals surface area (Å²) in [5, 5.41) is 0. The van der Waals surface area contributed by atoms with Gasteiger partial charge in [-0.3, -0.25) is 0 Å². The van der Waals surface area contributed by atoms with E-state index in [2.05, 4.69) is 47.8 Å². The molecule has 1 unspecified atom stereocenters. The molecule has 1 atom stereocenters. The molecule has 100 valence electrons. The highest BCUT2D eigenvalue weighted by molar-refractivity contribution is 9.39. The topological polar surface area (TPSA) is 0 Å². The summed E-state index contributed by atoms with van der Waals surface area (Å²) in [5.41, 5.74) is 0. The average Bonchev–Trinajstić information content (AvgIpc) is 1.76. The molecule has 0 bridgehead atoms. The first kappa shape index (κ1) is 20.2. The van der Waals surface area contributed by atoms with E-state index < -0.39 is 18.0 Å². The Morgan fingerprint density at radius 2 is 0.750 bits per heavy atom. The second-order valence-corrected chi connectivity index (χ2v) is 10.6. The normalized spacial score (nSPS) is 17.2. The van der Waals surface area contributed by atoms with Gasteiger partial charge in [-0.2, -0.15) is 22.0 Å². The summed E-state index contributed by atoms with van der Waals surface area (Å²) in [6.07, 6.45) is -5.67. The minimum Gasteiger partial charge on any atom is -0.213 e. The predicted molar refractivity (Wildman–Crippen MR) is 63.3 cm³/mol. The smallest absolute Gasteiger partial charge is 0.213 e. The third kappa shape index (κ3) is 8.92. The van der Waals surface area contributed by atoms with Crippen LogP contribution in [-0.2, 0) is 0 Å². The Balaban J connectivity index is 0. The summed E-state index contributed by atoms with van der Waals surface area (Å²) in [6, 6.07) is 0. The van der Waals surface area contributed by atoms with Crippen LogP contribution in [0.15, 0.2) is 0 Å². The van der Waals surface area contributed by atoms with E-state index in [1.165, 1.54) is 31.9 Å². The molecular formula is C4Br5F7. The molecule has 0 aliphatic rings. The highest BCUT2D eigenvalue weighted by Crippen LogP contribution is 2.52. The van der Waals surface area contributed by atoms with Crippen LogP contribution in [0.4, 0.5) is 30.7 Å². The number of hydrogen-bond acceptors (Lipinski definition) is 0. The maximum atomic E-state index is 12.1. The van der Waals surface area contributed by atoms with Crippen molar-refractivity contribution in [3.63, 3.8) is 0 Å². The molecule has 0 radical (unpaired) electrons. The van der Waals surface area contributed by atoms with Crippen LogP contribution in [0.2, 0.25) is 0 Å². The minimum absolute atomic E-state index is 1.23. The fraction of sp³-hybridized carbons (Fsp3) is 1.00. The summed E-state index contributed by atoms with van der Waals surface area (Å²) in [6.45, 7) is 0. The van der Waals surface area contributed by atoms with Crippen LogP contribution in [0, 0.1) is 0 Å². The van der Waals surface area contributed by atoms with Crippen molar-refractivity contribution in [2.75, 3.05) is 0 Å². The molecule has 0 nitrogen and oxygen atoms in total. The summed E-state index contributed by atoms with van der Waals surface area (Å²) in [4.78, 5) is -4.68. The molecular weight excluding hydrogens is 581 g/mol. The van der Waals surface area contributed by atoms with E-state index in [9.17, 15) is 30.7 Å². The Hall–Kier alpha value is 1.91. The summed E-state index contributed by atoms with van der Waals surface area (Å²) in [7, 11) is 0. The van der Waals surface area contributed by atoms with E-state index in [0.717, 1.165) is 0 Å². The molecule has 0 spiro atoms. The molecule has 0 aliphatic heterocycles. The van der Waals surface area contributed by atoms with E-state index in [4.69, 9.17) is 0 Å². The van der Waals surface area contributed by atoms with Crippen molar-refractivity contribution in [1.29, 1.82) is 0 Å². The lowest BCUT2D eigenvalue weighted by Gasteiger charge is -2.25. The van der Waals surface area contributed by atoms with Crippen LogP contribution in [-0.4, -0.2) is 18.0 Å². The zero-order valence-corrected chi connectivity index (χ0v) is 14.5. The van der Waals surface area contributed by atoms with Crippen LogP contribution < -0.4 is 0 Å². The Labute approximate surface area is 127 Å². The van der Waals surface area contributed by atoms with Crippen LogP contribution in [0.3, 0.4) is 0 Å². The molecule has 0 aromatic rings. The van der Waals surface area contributed by atoms with E-state index in [1.54, 1.807) is 0 Å². The standard InChI is InChI=1S/C3Br2F6.CBr3F/c4-1(6,2(5,7)8)3(9,10)11;2-1(3,4)5. The quantitative estimate of drug-likeness (QED) is 0.251. The molecule has 0 aromatic heterocycles. The van der Waals surface area contributed by atoms with Crippen LogP contribution in [0.5, 0.6) is 0 Å². The molecule has 0 N–H and O–H groups in total. The van der Waals surface area contributed by atoms with Crippen molar-refractivity contribution in [3.8, 4) is 0 Å². The van der Waals surface area contributed by atoms with E-state index in [1.807, 2.05) is 0 Å². The Morgan fingerprint density at radius 1 is 0.562 bits per heavy atom. The molecule has 0 aromatic carbocycles. The van der Waals surface area contributed by atoms with Gasteiger partial charge in [-0.25, -0.2) is 8.78 Å². The molecule has 0 fully saturated rings. The molecule has 16 heavy (non-hydrogen) atoms. The van der Waals surface area contributed by atoms with Gasteiger partial charge in [-0.1, -0.05) is 0 Å². The third-order valence-corrected chi connectivity index (χ3v) is 2.74. The average molecular weight is 581 g/mol. The Morgan fingerprint density at radius 3 is 0.750 bits per heavy atom. The molecule has 12 heteroatoms. The third-order valence-electron chi connectivity index (χ3n) is 0.712. The lowest BCUT2D eigenvalue weighted by molar-refractivity contribution is -0.231. The lowest BCUT2D eigenvalue weighted by Crippen LogP contribution is -2.46. The Bertz CT molecular complexity index is 190. The SMILES string of the molecule is FC(Br)(Br)Br.FC(F)(F)C(F)(Br)C(F)(F)Br. The zero-order chi connectivity index (χ0) is 14.0. The van der Waals surface area contributed by atoms with Crippen molar-refractivity contribution in [3.05, 3.63) is 0 Å². The van der Waals surface area contributed by atoms with Gasteiger partial charge in [-0.15, -0.1) is 0 Å². The van der Waals surface area contributed by atoms with Crippen molar-refractivity contribution >= 4 is 79.6 Å². The van der Waals surface area contributed by atoms with Gasteiger partial charge in [0.25, 0.3) is 2.40 Å². The molecule has 0 saturated carbocycles. The van der Waals surface area contributed by atoms with Gasteiger partial charge < -0.3 is 0 Å².